The molecule has 252 valence electrons. The Balaban J connectivity index is 1.77. The lowest BCUT2D eigenvalue weighted by Gasteiger charge is -2.45. The zero-order chi connectivity index (χ0) is 33.3. The van der Waals surface area contributed by atoms with Crippen LogP contribution >= 0.6 is 23.2 Å². The van der Waals surface area contributed by atoms with Crippen molar-refractivity contribution in [3.63, 3.8) is 0 Å². The first kappa shape index (κ1) is 36.3. The van der Waals surface area contributed by atoms with Crippen LogP contribution in [0.3, 0.4) is 0 Å². The first-order chi connectivity index (χ1) is 22.0. The Morgan fingerprint density at radius 2 is 1.85 bits per heavy atom. The number of nitrogens with zero attached hydrogens (tertiary/aromatic N) is 2. The van der Waals surface area contributed by atoms with E-state index in [1.165, 1.54) is 5.56 Å². The van der Waals surface area contributed by atoms with Gasteiger partial charge >= 0.3 is 6.09 Å². The second-order valence-electron chi connectivity index (χ2n) is 13.4. The van der Waals surface area contributed by atoms with Crippen LogP contribution < -0.4 is 0 Å². The number of halogens is 2. The number of hydrogen-bond acceptors (Lipinski definition) is 5. The molecule has 1 saturated heterocycles. The molecule has 46 heavy (non-hydrogen) atoms. The maximum atomic E-state index is 14.9. The van der Waals surface area contributed by atoms with E-state index >= 15 is 0 Å². The SMILES string of the molecule is CCC/C=C\C(=C/Cc1ccccc1)[C@@H]1[C@@H](C(=O)N(CC2=CC=CC(Cl)C2Cl)C2CC2)CN(C(=O)OC(C)(C)C)C[C@H]1OCOC. The van der Waals surface area contributed by atoms with Crippen LogP contribution in [-0.2, 0) is 25.4 Å². The molecule has 2 amide bonds. The zero-order valence-electron chi connectivity index (χ0n) is 27.9. The average molecular weight is 674 g/mol. The zero-order valence-corrected chi connectivity index (χ0v) is 29.4. The molecule has 1 aliphatic heterocycles. The highest BCUT2D eigenvalue weighted by atomic mass is 35.5. The predicted molar refractivity (Wildman–Crippen MR) is 185 cm³/mol. The molecular weight excluding hydrogens is 623 g/mol. The van der Waals surface area contributed by atoms with Crippen LogP contribution in [0.25, 0.3) is 0 Å². The highest BCUT2D eigenvalue weighted by Gasteiger charge is 2.48. The van der Waals surface area contributed by atoms with Crippen LogP contribution in [-0.4, -0.2) is 83.8 Å². The summed E-state index contributed by atoms with van der Waals surface area (Å²) in [6.45, 7) is 8.58. The minimum absolute atomic E-state index is 0.0216. The molecule has 7 nitrogen and oxygen atoms in total. The van der Waals surface area contributed by atoms with Crippen molar-refractivity contribution in [1.29, 1.82) is 0 Å². The molecule has 1 heterocycles. The molecule has 4 rings (SSSR count). The van der Waals surface area contributed by atoms with Crippen LogP contribution in [0.2, 0.25) is 0 Å². The summed E-state index contributed by atoms with van der Waals surface area (Å²) in [6, 6.07) is 10.4. The van der Waals surface area contributed by atoms with Crippen molar-refractivity contribution in [2.75, 3.05) is 33.5 Å². The van der Waals surface area contributed by atoms with E-state index in [9.17, 15) is 9.59 Å². The molecular formula is C37H50Cl2N2O5. The largest absolute Gasteiger partial charge is 0.444 e. The molecule has 1 aromatic rings. The van der Waals surface area contributed by atoms with Gasteiger partial charge in [0.05, 0.1) is 29.3 Å². The molecule has 9 heteroatoms. The molecule has 0 spiro atoms. The Bertz CT molecular complexity index is 1280. The molecule has 5 atom stereocenters. The van der Waals surface area contributed by atoms with Crippen molar-refractivity contribution >= 4 is 35.2 Å². The van der Waals surface area contributed by atoms with Crippen LogP contribution in [0.1, 0.15) is 58.9 Å². The van der Waals surface area contributed by atoms with Crippen LogP contribution in [0.5, 0.6) is 0 Å². The third kappa shape index (κ3) is 10.2. The highest BCUT2D eigenvalue weighted by Crippen LogP contribution is 2.39. The highest BCUT2D eigenvalue weighted by molar-refractivity contribution is 6.32. The molecule has 2 fully saturated rings. The van der Waals surface area contributed by atoms with Gasteiger partial charge in [-0.05, 0) is 63.2 Å². The lowest BCUT2D eigenvalue weighted by molar-refractivity contribution is -0.150. The van der Waals surface area contributed by atoms with Gasteiger partial charge in [0.1, 0.15) is 12.4 Å². The quantitative estimate of drug-likeness (QED) is 0.122. The smallest absolute Gasteiger partial charge is 0.410 e. The Kier molecular flexibility index (Phi) is 13.4. The van der Waals surface area contributed by atoms with Gasteiger partial charge in [0.2, 0.25) is 5.91 Å². The van der Waals surface area contributed by atoms with Crippen molar-refractivity contribution in [3.8, 4) is 0 Å². The molecule has 0 N–H and O–H groups in total. The van der Waals surface area contributed by atoms with E-state index < -0.39 is 29.1 Å². The fourth-order valence-corrected chi connectivity index (χ4v) is 6.51. The molecule has 2 unspecified atom stereocenters. The van der Waals surface area contributed by atoms with E-state index in [1.807, 2.05) is 62.1 Å². The number of carbonyl (C=O) groups is 2. The van der Waals surface area contributed by atoms with Gasteiger partial charge in [0, 0.05) is 32.2 Å². The molecule has 0 aromatic heterocycles. The topological polar surface area (TPSA) is 68.3 Å². The number of allylic oxidation sites excluding steroid dienone is 6. The van der Waals surface area contributed by atoms with E-state index in [4.69, 9.17) is 37.4 Å². The number of likely N-dealkylation sites (tertiary alicyclic amines) is 1. The van der Waals surface area contributed by atoms with Crippen LogP contribution in [0.15, 0.2) is 77.9 Å². The first-order valence-electron chi connectivity index (χ1n) is 16.5. The Morgan fingerprint density at radius 1 is 1.11 bits per heavy atom. The molecule has 1 aromatic carbocycles. The number of rotatable bonds is 13. The summed E-state index contributed by atoms with van der Waals surface area (Å²) in [7, 11) is 1.58. The Hall–Kier alpha value is -2.58. The molecule has 0 radical (unpaired) electrons. The Labute approximate surface area is 285 Å². The molecule has 3 aliphatic rings. The summed E-state index contributed by atoms with van der Waals surface area (Å²) < 4.78 is 17.5. The summed E-state index contributed by atoms with van der Waals surface area (Å²) >= 11 is 13.2. The van der Waals surface area contributed by atoms with Crippen molar-refractivity contribution in [2.45, 2.75) is 88.3 Å². The van der Waals surface area contributed by atoms with Gasteiger partial charge in [-0.2, -0.15) is 0 Å². The predicted octanol–water partition coefficient (Wildman–Crippen LogP) is 7.69. The minimum atomic E-state index is -0.686. The summed E-state index contributed by atoms with van der Waals surface area (Å²) in [5, 5.41) is -0.747. The van der Waals surface area contributed by atoms with Crippen molar-refractivity contribution in [3.05, 3.63) is 83.5 Å². The van der Waals surface area contributed by atoms with Gasteiger partial charge in [0.25, 0.3) is 0 Å². The third-order valence-corrected chi connectivity index (χ3v) is 9.53. The number of methoxy groups -OCH3 is 1. The van der Waals surface area contributed by atoms with E-state index in [0.717, 1.165) is 36.8 Å². The number of ether oxygens (including phenoxy) is 3. The van der Waals surface area contributed by atoms with Gasteiger partial charge in [-0.3, -0.25) is 4.79 Å². The van der Waals surface area contributed by atoms with Crippen LogP contribution in [0, 0.1) is 11.8 Å². The van der Waals surface area contributed by atoms with Gasteiger partial charge < -0.3 is 24.0 Å². The van der Waals surface area contributed by atoms with E-state index in [0.29, 0.717) is 13.0 Å². The van der Waals surface area contributed by atoms with Gasteiger partial charge in [-0.1, -0.05) is 80.1 Å². The minimum Gasteiger partial charge on any atom is -0.444 e. The number of alkyl halides is 2. The standard InChI is InChI=1S/C37H50Cl2N2O5/c1-6-7-9-15-27(19-18-26-13-10-8-11-14-26)33-30(23-40(24-32(33)45-25-44-5)36(43)46-37(2,3)4)35(42)41(29-20-21-29)22-28-16-12-17-31(38)34(28)39/h8-17,19,29-34H,6-7,18,20-25H2,1-5H3/b15-9-,27-19+/t30-,31?,32+,33+,34?/m0/s1. The van der Waals surface area contributed by atoms with Crippen molar-refractivity contribution < 1.29 is 23.8 Å². The van der Waals surface area contributed by atoms with Gasteiger partial charge in [-0.25, -0.2) is 4.79 Å². The van der Waals surface area contributed by atoms with E-state index in [2.05, 4.69) is 37.3 Å². The molecule has 0 bridgehead atoms. The van der Waals surface area contributed by atoms with Gasteiger partial charge in [-0.15, -0.1) is 23.2 Å². The lowest BCUT2D eigenvalue weighted by Crippen LogP contribution is -2.58. The number of carbonyl (C=O) groups excluding carboxylic acids is 2. The number of hydrogen-bond donors (Lipinski definition) is 0. The number of benzene rings is 1. The van der Waals surface area contributed by atoms with Crippen molar-refractivity contribution in [1.82, 2.24) is 9.80 Å². The van der Waals surface area contributed by atoms with Gasteiger partial charge in [0.15, 0.2) is 0 Å². The summed E-state index contributed by atoms with van der Waals surface area (Å²) in [5.41, 5.74) is 2.42. The number of unbranched alkanes of at least 4 members (excludes halogenated alkanes) is 1. The summed E-state index contributed by atoms with van der Waals surface area (Å²) in [5.74, 6) is -0.934. The maximum absolute atomic E-state index is 14.9. The van der Waals surface area contributed by atoms with Crippen molar-refractivity contribution in [2.24, 2.45) is 11.8 Å². The Morgan fingerprint density at radius 3 is 2.50 bits per heavy atom. The molecule has 2 aliphatic carbocycles. The average Bonchev–Trinajstić information content (AvgIpc) is 3.87. The third-order valence-electron chi connectivity index (χ3n) is 8.45. The number of piperidine rings is 1. The van der Waals surface area contributed by atoms with Crippen LogP contribution in [0.4, 0.5) is 4.79 Å². The maximum Gasteiger partial charge on any atom is 0.410 e. The van der Waals surface area contributed by atoms with E-state index in [1.54, 1.807) is 12.0 Å². The summed E-state index contributed by atoms with van der Waals surface area (Å²) in [4.78, 5) is 32.0. The fourth-order valence-electron chi connectivity index (χ4n) is 6.03. The van der Waals surface area contributed by atoms with E-state index in [-0.39, 0.29) is 43.1 Å². The summed E-state index contributed by atoms with van der Waals surface area (Å²) in [6.07, 6.45) is 15.8. The monoisotopic (exact) mass is 672 g/mol. The number of amides is 2. The molecule has 1 saturated carbocycles. The normalized spacial score (nSPS) is 25.5. The first-order valence-corrected chi connectivity index (χ1v) is 17.3. The fraction of sp³-hybridized carbons (Fsp3) is 0.568. The second kappa shape index (κ2) is 17.0. The second-order valence-corrected chi connectivity index (χ2v) is 14.4. The lowest BCUT2D eigenvalue weighted by atomic mass is 9.76.